The van der Waals surface area contributed by atoms with Gasteiger partial charge in [0, 0.05) is 18.5 Å². The van der Waals surface area contributed by atoms with Crippen LogP contribution in [0.15, 0.2) is 90.0 Å². The monoisotopic (exact) mass is 385 g/mol. The van der Waals surface area contributed by atoms with Gasteiger partial charge in [0.05, 0.1) is 5.69 Å². The number of carbonyl (C=O) groups excluding carboxylic acids is 2. The molecule has 0 saturated heterocycles. The van der Waals surface area contributed by atoms with Crippen LogP contribution >= 0.6 is 0 Å². The highest BCUT2D eigenvalue weighted by Gasteiger charge is 2.25. The van der Waals surface area contributed by atoms with E-state index in [1.807, 2.05) is 48.5 Å². The fraction of sp³-hybridized carbons (Fsp3) is 0.0870. The summed E-state index contributed by atoms with van der Waals surface area (Å²) in [5.41, 5.74) is 1.59. The van der Waals surface area contributed by atoms with Crippen LogP contribution in [0.1, 0.15) is 12.8 Å². The average Bonchev–Trinajstić information content (AvgIpc) is 2.77. The minimum absolute atomic E-state index is 0.129. The van der Waals surface area contributed by atoms with E-state index in [0.29, 0.717) is 29.3 Å². The van der Waals surface area contributed by atoms with Crippen LogP contribution in [-0.4, -0.2) is 17.5 Å². The minimum atomic E-state index is -0.324. The predicted molar refractivity (Wildman–Crippen MR) is 112 cm³/mol. The number of hydrogen-bond donors (Lipinski definition) is 1. The summed E-state index contributed by atoms with van der Waals surface area (Å²) in [6, 6.07) is 25.6. The Morgan fingerprint density at radius 1 is 0.828 bits per heavy atom. The van der Waals surface area contributed by atoms with Crippen LogP contribution in [0, 0.1) is 0 Å². The lowest BCUT2D eigenvalue weighted by molar-refractivity contribution is -0.118. The van der Waals surface area contributed by atoms with E-state index < -0.39 is 0 Å². The topological polar surface area (TPSA) is 71.0 Å². The predicted octanol–water partition coefficient (Wildman–Crippen LogP) is 4.60. The minimum Gasteiger partial charge on any atom is -0.457 e. The molecule has 1 aliphatic heterocycles. The van der Waals surface area contributed by atoms with E-state index in [2.05, 4.69) is 10.4 Å². The van der Waals surface area contributed by atoms with Crippen LogP contribution in [0.3, 0.4) is 0 Å². The first kappa shape index (κ1) is 18.4. The van der Waals surface area contributed by atoms with Crippen molar-refractivity contribution in [3.63, 3.8) is 0 Å². The van der Waals surface area contributed by atoms with Gasteiger partial charge in [-0.3, -0.25) is 9.59 Å². The number of nitrogens with zero attached hydrogens (tertiary/aromatic N) is 2. The molecule has 0 aliphatic carbocycles. The van der Waals surface area contributed by atoms with Gasteiger partial charge in [-0.15, -0.1) is 0 Å². The maximum absolute atomic E-state index is 12.6. The summed E-state index contributed by atoms with van der Waals surface area (Å²) in [4.78, 5) is 24.8. The Morgan fingerprint density at radius 3 is 2.14 bits per heavy atom. The molecule has 1 heterocycles. The molecule has 2 amide bonds. The van der Waals surface area contributed by atoms with E-state index in [-0.39, 0.29) is 18.2 Å². The van der Waals surface area contributed by atoms with Crippen molar-refractivity contribution < 1.29 is 14.3 Å². The summed E-state index contributed by atoms with van der Waals surface area (Å²) in [5.74, 6) is 0.960. The maximum atomic E-state index is 12.6. The van der Waals surface area contributed by atoms with Crippen LogP contribution in [0.2, 0.25) is 0 Å². The number of hydrazone groups is 1. The summed E-state index contributed by atoms with van der Waals surface area (Å²) in [7, 11) is 0. The van der Waals surface area contributed by atoms with E-state index in [1.165, 1.54) is 5.01 Å². The summed E-state index contributed by atoms with van der Waals surface area (Å²) >= 11 is 0. The molecule has 0 radical (unpaired) electrons. The molecule has 29 heavy (non-hydrogen) atoms. The molecule has 6 heteroatoms. The molecular weight excluding hydrogens is 366 g/mol. The largest absolute Gasteiger partial charge is 0.457 e. The number of anilines is 2. The van der Waals surface area contributed by atoms with Gasteiger partial charge in [0.1, 0.15) is 17.2 Å². The Bertz CT molecular complexity index is 1030. The van der Waals surface area contributed by atoms with Crippen LogP contribution in [-0.2, 0) is 9.59 Å². The second-order valence-electron chi connectivity index (χ2n) is 6.48. The van der Waals surface area contributed by atoms with Crippen molar-refractivity contribution in [2.45, 2.75) is 12.8 Å². The van der Waals surface area contributed by atoms with Crippen molar-refractivity contribution in [2.24, 2.45) is 5.10 Å². The molecule has 6 nitrogen and oxygen atoms in total. The number of nitrogens with one attached hydrogen (secondary N) is 1. The van der Waals surface area contributed by atoms with Crippen molar-refractivity contribution in [3.8, 4) is 11.5 Å². The lowest BCUT2D eigenvalue weighted by Crippen LogP contribution is -2.36. The summed E-state index contributed by atoms with van der Waals surface area (Å²) in [5, 5.41) is 8.38. The Morgan fingerprint density at radius 2 is 1.45 bits per heavy atom. The standard InChI is InChI=1S/C23H19N3O3/c27-22-16-15-21(25-26(22)18-7-3-1-4-8-18)23(28)24-17-11-13-20(14-12-17)29-19-9-5-2-6-10-19/h1-14H,15-16H2,(H,24,28). The van der Waals surface area contributed by atoms with E-state index in [0.717, 1.165) is 5.75 Å². The second kappa shape index (κ2) is 8.39. The van der Waals surface area contributed by atoms with Gasteiger partial charge in [0.15, 0.2) is 0 Å². The number of rotatable bonds is 5. The Kier molecular flexibility index (Phi) is 5.33. The molecule has 3 aromatic rings. The molecule has 0 atom stereocenters. The van der Waals surface area contributed by atoms with Crippen LogP contribution in [0.25, 0.3) is 0 Å². The number of para-hydroxylation sites is 2. The molecule has 144 valence electrons. The van der Waals surface area contributed by atoms with Crippen LogP contribution < -0.4 is 15.1 Å². The maximum Gasteiger partial charge on any atom is 0.271 e. The first-order chi connectivity index (χ1) is 14.2. The third-order valence-corrected chi connectivity index (χ3v) is 4.39. The third-order valence-electron chi connectivity index (χ3n) is 4.39. The first-order valence-corrected chi connectivity index (χ1v) is 9.29. The molecule has 0 bridgehead atoms. The molecule has 0 saturated carbocycles. The van der Waals surface area contributed by atoms with Gasteiger partial charge in [-0.2, -0.15) is 5.10 Å². The fourth-order valence-corrected chi connectivity index (χ4v) is 2.92. The van der Waals surface area contributed by atoms with Gasteiger partial charge in [-0.25, -0.2) is 5.01 Å². The molecule has 1 N–H and O–H groups in total. The normalized spacial score (nSPS) is 13.6. The number of amides is 2. The van der Waals surface area contributed by atoms with Gasteiger partial charge in [0.2, 0.25) is 5.91 Å². The summed E-state index contributed by atoms with van der Waals surface area (Å²) < 4.78 is 5.75. The molecular formula is C23H19N3O3. The second-order valence-corrected chi connectivity index (χ2v) is 6.48. The molecule has 0 spiro atoms. The smallest absolute Gasteiger partial charge is 0.271 e. The van der Waals surface area contributed by atoms with Gasteiger partial charge in [-0.1, -0.05) is 36.4 Å². The van der Waals surface area contributed by atoms with E-state index in [9.17, 15) is 9.59 Å². The van der Waals surface area contributed by atoms with Gasteiger partial charge >= 0.3 is 0 Å². The van der Waals surface area contributed by atoms with Crippen molar-refractivity contribution in [2.75, 3.05) is 10.3 Å². The molecule has 0 aromatic heterocycles. The summed E-state index contributed by atoms with van der Waals surface area (Å²) in [6.45, 7) is 0. The van der Waals surface area contributed by atoms with Crippen LogP contribution in [0.4, 0.5) is 11.4 Å². The Labute approximate surface area is 168 Å². The molecule has 0 unspecified atom stereocenters. The third kappa shape index (κ3) is 4.50. The first-order valence-electron chi connectivity index (χ1n) is 9.29. The fourth-order valence-electron chi connectivity index (χ4n) is 2.92. The molecule has 1 aliphatic rings. The zero-order valence-corrected chi connectivity index (χ0v) is 15.6. The number of carbonyl (C=O) groups is 2. The molecule has 4 rings (SSSR count). The van der Waals surface area contributed by atoms with E-state index >= 15 is 0 Å². The summed E-state index contributed by atoms with van der Waals surface area (Å²) in [6.07, 6.45) is 0.550. The van der Waals surface area contributed by atoms with Gasteiger partial charge in [0.25, 0.3) is 5.91 Å². The van der Waals surface area contributed by atoms with Crippen molar-refractivity contribution >= 4 is 28.9 Å². The number of ether oxygens (including phenoxy) is 1. The van der Waals surface area contributed by atoms with Crippen molar-refractivity contribution in [1.29, 1.82) is 0 Å². The van der Waals surface area contributed by atoms with Gasteiger partial charge in [-0.05, 0) is 48.5 Å². The number of hydrogen-bond acceptors (Lipinski definition) is 4. The molecule has 0 fully saturated rings. The lowest BCUT2D eigenvalue weighted by atomic mass is 10.1. The average molecular weight is 385 g/mol. The van der Waals surface area contributed by atoms with E-state index in [1.54, 1.807) is 36.4 Å². The lowest BCUT2D eigenvalue weighted by Gasteiger charge is -2.23. The van der Waals surface area contributed by atoms with Crippen molar-refractivity contribution in [3.05, 3.63) is 84.9 Å². The zero-order valence-electron chi connectivity index (χ0n) is 15.6. The highest BCUT2D eigenvalue weighted by atomic mass is 16.5. The highest BCUT2D eigenvalue weighted by molar-refractivity contribution is 6.44. The van der Waals surface area contributed by atoms with Gasteiger partial charge < -0.3 is 10.1 Å². The Hall–Kier alpha value is -3.93. The SMILES string of the molecule is O=C(Nc1ccc(Oc2ccccc2)cc1)C1=NN(c2ccccc2)C(=O)CC1. The van der Waals surface area contributed by atoms with Crippen LogP contribution in [0.5, 0.6) is 11.5 Å². The van der Waals surface area contributed by atoms with Crippen molar-refractivity contribution in [1.82, 2.24) is 0 Å². The quantitative estimate of drug-likeness (QED) is 0.698. The van der Waals surface area contributed by atoms with E-state index in [4.69, 9.17) is 4.74 Å². The zero-order chi connectivity index (χ0) is 20.1. The Balaban J connectivity index is 1.44. The number of benzene rings is 3. The molecule has 3 aromatic carbocycles. The highest BCUT2D eigenvalue weighted by Crippen LogP contribution is 2.23.